The number of benzene rings is 1. The molecule has 17 heavy (non-hydrogen) atoms. The van der Waals surface area contributed by atoms with Crippen molar-refractivity contribution in [2.75, 3.05) is 13.1 Å². The van der Waals surface area contributed by atoms with E-state index >= 15 is 0 Å². The summed E-state index contributed by atoms with van der Waals surface area (Å²) in [6.45, 7) is 3.72. The Hall–Kier alpha value is -1.55. The highest BCUT2D eigenvalue weighted by Gasteiger charge is 2.18. The maximum absolute atomic E-state index is 12.0. The number of hydrogen-bond acceptors (Lipinski definition) is 3. The molecule has 0 aromatic heterocycles. The normalized spacial score (nSPS) is 19.9. The number of piperidine rings is 1. The Morgan fingerprint density at radius 1 is 1.53 bits per heavy atom. The summed E-state index contributed by atoms with van der Waals surface area (Å²) in [5.74, 6) is -0.156. The van der Waals surface area contributed by atoms with Crippen LogP contribution in [-0.4, -0.2) is 30.1 Å². The Labute approximate surface area is 101 Å². The van der Waals surface area contributed by atoms with Crippen LogP contribution in [0, 0.1) is 6.92 Å². The number of nitrogens with one attached hydrogen (secondary N) is 2. The molecule has 1 aliphatic heterocycles. The fourth-order valence-corrected chi connectivity index (χ4v) is 2.07. The van der Waals surface area contributed by atoms with Crippen molar-refractivity contribution in [2.24, 2.45) is 0 Å². The largest absolute Gasteiger partial charge is 0.507 e. The summed E-state index contributed by atoms with van der Waals surface area (Å²) in [6.07, 6.45) is 2.07. The second-order valence-electron chi connectivity index (χ2n) is 4.54. The molecule has 1 aromatic rings. The van der Waals surface area contributed by atoms with Crippen molar-refractivity contribution in [3.63, 3.8) is 0 Å². The summed E-state index contributed by atoms with van der Waals surface area (Å²) in [5, 5.41) is 15.8. The minimum atomic E-state index is -0.195. The third kappa shape index (κ3) is 2.97. The van der Waals surface area contributed by atoms with Gasteiger partial charge in [0.15, 0.2) is 0 Å². The van der Waals surface area contributed by atoms with Crippen LogP contribution in [0.2, 0.25) is 0 Å². The average Bonchev–Trinajstić information content (AvgIpc) is 2.33. The topological polar surface area (TPSA) is 61.4 Å². The summed E-state index contributed by atoms with van der Waals surface area (Å²) < 4.78 is 0. The maximum atomic E-state index is 12.0. The third-order valence-electron chi connectivity index (χ3n) is 3.03. The zero-order valence-electron chi connectivity index (χ0n) is 9.99. The SMILES string of the molecule is Cc1ccc(O)c(C(=O)NC2CCCNC2)c1. The molecule has 92 valence electrons. The van der Waals surface area contributed by atoms with Gasteiger partial charge in [0.25, 0.3) is 5.91 Å². The number of aromatic hydroxyl groups is 1. The predicted octanol–water partition coefficient (Wildman–Crippen LogP) is 1.18. The molecule has 1 aromatic carbocycles. The molecule has 1 atom stereocenters. The first-order valence-corrected chi connectivity index (χ1v) is 5.98. The summed E-state index contributed by atoms with van der Waals surface area (Å²) in [6, 6.07) is 5.22. The summed E-state index contributed by atoms with van der Waals surface area (Å²) in [4.78, 5) is 12.0. The lowest BCUT2D eigenvalue weighted by Gasteiger charge is -2.24. The van der Waals surface area contributed by atoms with E-state index in [4.69, 9.17) is 0 Å². The van der Waals surface area contributed by atoms with E-state index in [1.54, 1.807) is 18.2 Å². The standard InChI is InChI=1S/C13H18N2O2/c1-9-4-5-12(16)11(7-9)13(17)15-10-3-2-6-14-8-10/h4-5,7,10,14,16H,2-3,6,8H2,1H3,(H,15,17). The minimum absolute atomic E-state index is 0.0388. The van der Waals surface area contributed by atoms with Gasteiger partial charge in [0.1, 0.15) is 5.75 Å². The molecule has 0 bridgehead atoms. The van der Waals surface area contributed by atoms with Crippen LogP contribution in [-0.2, 0) is 0 Å². The van der Waals surface area contributed by atoms with Crippen molar-refractivity contribution in [2.45, 2.75) is 25.8 Å². The molecule has 1 heterocycles. The van der Waals surface area contributed by atoms with Crippen LogP contribution in [0.1, 0.15) is 28.8 Å². The average molecular weight is 234 g/mol. The van der Waals surface area contributed by atoms with Gasteiger partial charge >= 0.3 is 0 Å². The number of carbonyl (C=O) groups excluding carboxylic acids is 1. The van der Waals surface area contributed by atoms with Gasteiger partial charge in [-0.05, 0) is 38.4 Å². The van der Waals surface area contributed by atoms with Crippen LogP contribution in [0.25, 0.3) is 0 Å². The molecular formula is C13H18N2O2. The van der Waals surface area contributed by atoms with Gasteiger partial charge in [-0.3, -0.25) is 4.79 Å². The molecule has 1 unspecified atom stereocenters. The maximum Gasteiger partial charge on any atom is 0.255 e. The monoisotopic (exact) mass is 234 g/mol. The second kappa shape index (κ2) is 5.19. The molecule has 4 nitrogen and oxygen atoms in total. The van der Waals surface area contributed by atoms with Crippen molar-refractivity contribution in [3.8, 4) is 5.75 Å². The number of phenols is 1. The van der Waals surface area contributed by atoms with Crippen molar-refractivity contribution in [1.29, 1.82) is 0 Å². The van der Waals surface area contributed by atoms with Crippen molar-refractivity contribution < 1.29 is 9.90 Å². The number of amides is 1. The van der Waals surface area contributed by atoms with Crippen LogP contribution in [0.5, 0.6) is 5.75 Å². The van der Waals surface area contributed by atoms with E-state index in [0.717, 1.165) is 31.5 Å². The minimum Gasteiger partial charge on any atom is -0.507 e. The fraction of sp³-hybridized carbons (Fsp3) is 0.462. The number of rotatable bonds is 2. The molecule has 2 rings (SSSR count). The van der Waals surface area contributed by atoms with Crippen LogP contribution >= 0.6 is 0 Å². The van der Waals surface area contributed by atoms with Crippen LogP contribution in [0.15, 0.2) is 18.2 Å². The Balaban J connectivity index is 2.05. The van der Waals surface area contributed by atoms with E-state index in [9.17, 15) is 9.90 Å². The smallest absolute Gasteiger partial charge is 0.255 e. The van der Waals surface area contributed by atoms with Crippen molar-refractivity contribution in [1.82, 2.24) is 10.6 Å². The summed E-state index contributed by atoms with van der Waals surface area (Å²) in [7, 11) is 0. The quantitative estimate of drug-likeness (QED) is 0.720. The highest BCUT2D eigenvalue weighted by molar-refractivity contribution is 5.97. The van der Waals surface area contributed by atoms with Crippen molar-refractivity contribution in [3.05, 3.63) is 29.3 Å². The van der Waals surface area contributed by atoms with Gasteiger partial charge in [-0.15, -0.1) is 0 Å². The van der Waals surface area contributed by atoms with E-state index in [0.29, 0.717) is 5.56 Å². The second-order valence-corrected chi connectivity index (χ2v) is 4.54. The Kier molecular flexibility index (Phi) is 3.64. The molecule has 0 saturated carbocycles. The Bertz CT molecular complexity index is 412. The van der Waals surface area contributed by atoms with E-state index in [1.165, 1.54) is 0 Å². The summed E-state index contributed by atoms with van der Waals surface area (Å²) >= 11 is 0. The molecule has 0 spiro atoms. The lowest BCUT2D eigenvalue weighted by Crippen LogP contribution is -2.45. The van der Waals surface area contributed by atoms with E-state index in [2.05, 4.69) is 10.6 Å². The highest BCUT2D eigenvalue weighted by atomic mass is 16.3. The lowest BCUT2D eigenvalue weighted by atomic mass is 10.1. The number of phenolic OH excluding ortho intramolecular Hbond substituents is 1. The lowest BCUT2D eigenvalue weighted by molar-refractivity contribution is 0.0928. The van der Waals surface area contributed by atoms with Gasteiger partial charge in [0.05, 0.1) is 5.56 Å². The van der Waals surface area contributed by atoms with E-state index in [-0.39, 0.29) is 17.7 Å². The van der Waals surface area contributed by atoms with Gasteiger partial charge in [0.2, 0.25) is 0 Å². The number of aryl methyl sites for hydroxylation is 1. The molecule has 3 N–H and O–H groups in total. The van der Waals surface area contributed by atoms with Crippen LogP contribution in [0.3, 0.4) is 0 Å². The zero-order chi connectivity index (χ0) is 12.3. The Morgan fingerprint density at radius 2 is 2.35 bits per heavy atom. The Morgan fingerprint density at radius 3 is 3.06 bits per heavy atom. The van der Waals surface area contributed by atoms with Gasteiger partial charge in [-0.1, -0.05) is 11.6 Å². The molecule has 1 fully saturated rings. The van der Waals surface area contributed by atoms with E-state index in [1.807, 2.05) is 6.92 Å². The molecule has 1 aliphatic rings. The first kappa shape index (κ1) is 11.9. The van der Waals surface area contributed by atoms with Crippen molar-refractivity contribution >= 4 is 5.91 Å². The van der Waals surface area contributed by atoms with E-state index < -0.39 is 0 Å². The summed E-state index contributed by atoms with van der Waals surface area (Å²) in [5.41, 5.74) is 1.32. The third-order valence-corrected chi connectivity index (χ3v) is 3.03. The number of carbonyl (C=O) groups is 1. The predicted molar refractivity (Wildman–Crippen MR) is 66.2 cm³/mol. The molecule has 1 amide bonds. The van der Waals surface area contributed by atoms with Gasteiger partial charge in [0, 0.05) is 12.6 Å². The zero-order valence-corrected chi connectivity index (χ0v) is 9.99. The molecule has 1 saturated heterocycles. The first-order valence-electron chi connectivity index (χ1n) is 5.98. The molecule has 0 radical (unpaired) electrons. The van der Waals surface area contributed by atoms with Crippen LogP contribution < -0.4 is 10.6 Å². The molecule has 0 aliphatic carbocycles. The number of hydrogen-bond donors (Lipinski definition) is 3. The molecular weight excluding hydrogens is 216 g/mol. The van der Waals surface area contributed by atoms with Gasteiger partial charge in [-0.2, -0.15) is 0 Å². The highest BCUT2D eigenvalue weighted by Crippen LogP contribution is 2.18. The molecule has 4 heteroatoms. The van der Waals surface area contributed by atoms with Gasteiger partial charge in [-0.25, -0.2) is 0 Å². The first-order chi connectivity index (χ1) is 8.16. The van der Waals surface area contributed by atoms with Gasteiger partial charge < -0.3 is 15.7 Å². The van der Waals surface area contributed by atoms with Crippen LogP contribution in [0.4, 0.5) is 0 Å². The fourth-order valence-electron chi connectivity index (χ4n) is 2.07.